The zero-order valence-electron chi connectivity index (χ0n) is 13.6. The van der Waals surface area contributed by atoms with Crippen molar-refractivity contribution in [1.29, 1.82) is 0 Å². The highest BCUT2D eigenvalue weighted by atomic mass is 16.2. The third kappa shape index (κ3) is 3.42. The Labute approximate surface area is 142 Å². The van der Waals surface area contributed by atoms with Gasteiger partial charge in [0.1, 0.15) is 0 Å². The fourth-order valence-corrected chi connectivity index (χ4v) is 2.45. The van der Waals surface area contributed by atoms with E-state index in [2.05, 4.69) is 20.9 Å². The van der Waals surface area contributed by atoms with Crippen molar-refractivity contribution in [3.8, 4) is 0 Å². The second-order valence-electron chi connectivity index (χ2n) is 5.44. The summed E-state index contributed by atoms with van der Waals surface area (Å²) in [6.07, 6.45) is 2.29. The van der Waals surface area contributed by atoms with Gasteiger partial charge in [-0.05, 0) is 18.6 Å². The fourth-order valence-electron chi connectivity index (χ4n) is 2.45. The molecule has 0 unspecified atom stereocenters. The van der Waals surface area contributed by atoms with Crippen molar-refractivity contribution in [2.24, 2.45) is 0 Å². The van der Waals surface area contributed by atoms with Crippen LogP contribution >= 0.6 is 0 Å². The summed E-state index contributed by atoms with van der Waals surface area (Å²) in [6, 6.07) is 9.95. The zero-order valence-corrected chi connectivity index (χ0v) is 13.6. The van der Waals surface area contributed by atoms with Crippen LogP contribution < -0.4 is 16.4 Å². The van der Waals surface area contributed by atoms with E-state index < -0.39 is 11.8 Å². The molecule has 0 spiro atoms. The summed E-state index contributed by atoms with van der Waals surface area (Å²) in [4.78, 5) is 39.0. The number of hydrazine groups is 1. The molecule has 25 heavy (non-hydrogen) atoms. The molecule has 3 rings (SSSR count). The van der Waals surface area contributed by atoms with Crippen LogP contribution in [0.4, 0.5) is 0 Å². The molecule has 2 heterocycles. The number of para-hydroxylation sites is 1. The van der Waals surface area contributed by atoms with E-state index in [0.29, 0.717) is 12.1 Å². The Bertz CT molecular complexity index is 989. The van der Waals surface area contributed by atoms with Gasteiger partial charge in [0.2, 0.25) is 0 Å². The van der Waals surface area contributed by atoms with Gasteiger partial charge in [-0.15, -0.1) is 0 Å². The molecule has 0 atom stereocenters. The molecule has 0 aliphatic carbocycles. The maximum absolute atomic E-state index is 12.3. The number of fused-ring (bicyclic) bond motifs is 1. The molecule has 0 fully saturated rings. The average molecular weight is 339 g/mol. The van der Waals surface area contributed by atoms with Gasteiger partial charge in [0.15, 0.2) is 5.69 Å². The lowest BCUT2D eigenvalue weighted by atomic mass is 10.2. The zero-order chi connectivity index (χ0) is 17.8. The third-order valence-corrected chi connectivity index (χ3v) is 3.66. The molecule has 0 aliphatic rings. The lowest BCUT2D eigenvalue weighted by molar-refractivity contribution is 0.0843. The molecule has 8 nitrogen and oxygen atoms in total. The molecule has 3 N–H and O–H groups in total. The number of hydrogen-bond donors (Lipinski definition) is 3. The first kappa shape index (κ1) is 16.4. The van der Waals surface area contributed by atoms with E-state index in [1.165, 1.54) is 16.8 Å². The Morgan fingerprint density at radius 2 is 1.88 bits per heavy atom. The summed E-state index contributed by atoms with van der Waals surface area (Å²) >= 11 is 0. The molecule has 0 bridgehead atoms. The molecule has 1 aromatic carbocycles. The summed E-state index contributed by atoms with van der Waals surface area (Å²) in [7, 11) is 0. The number of aromatic amines is 1. The van der Waals surface area contributed by atoms with Crippen molar-refractivity contribution in [3.05, 3.63) is 64.2 Å². The van der Waals surface area contributed by atoms with Crippen LogP contribution in [0.15, 0.2) is 47.4 Å². The van der Waals surface area contributed by atoms with Crippen LogP contribution in [0.3, 0.4) is 0 Å². The quantitative estimate of drug-likeness (QED) is 0.621. The number of aryl methyl sites for hydroxylation is 1. The van der Waals surface area contributed by atoms with Gasteiger partial charge in [-0.2, -0.15) is 5.10 Å². The Hall–Kier alpha value is -3.42. The highest BCUT2D eigenvalue weighted by Crippen LogP contribution is 2.17. The molecule has 0 aliphatic heterocycles. The van der Waals surface area contributed by atoms with Crippen LogP contribution in [0.2, 0.25) is 0 Å². The van der Waals surface area contributed by atoms with Gasteiger partial charge in [0, 0.05) is 29.7 Å². The first-order valence-corrected chi connectivity index (χ1v) is 7.85. The molecule has 0 saturated carbocycles. The molecule has 3 aromatic rings. The lowest BCUT2D eigenvalue weighted by Crippen LogP contribution is -2.42. The number of aromatic nitrogens is 3. The summed E-state index contributed by atoms with van der Waals surface area (Å²) in [5, 5.41) is 4.74. The topological polar surface area (TPSA) is 109 Å². The second kappa shape index (κ2) is 7.00. The lowest BCUT2D eigenvalue weighted by Gasteiger charge is -2.08. The van der Waals surface area contributed by atoms with E-state index in [1.807, 2.05) is 31.2 Å². The SMILES string of the molecule is CCCn1nc(C(=O)NNC(=O)c2c[nH]c3ccccc23)ccc1=O. The van der Waals surface area contributed by atoms with Gasteiger partial charge in [-0.1, -0.05) is 25.1 Å². The number of nitrogens with one attached hydrogen (secondary N) is 3. The van der Waals surface area contributed by atoms with Crippen molar-refractivity contribution < 1.29 is 9.59 Å². The number of hydrogen-bond acceptors (Lipinski definition) is 4. The Balaban J connectivity index is 1.71. The van der Waals surface area contributed by atoms with Crippen LogP contribution in [-0.2, 0) is 6.54 Å². The van der Waals surface area contributed by atoms with Crippen molar-refractivity contribution >= 4 is 22.7 Å². The summed E-state index contributed by atoms with van der Waals surface area (Å²) in [6.45, 7) is 2.32. The minimum atomic E-state index is -0.599. The average Bonchev–Trinajstić information content (AvgIpc) is 3.05. The summed E-state index contributed by atoms with van der Waals surface area (Å²) in [5.41, 5.74) is 5.68. The van der Waals surface area contributed by atoms with E-state index in [0.717, 1.165) is 17.3 Å². The Morgan fingerprint density at radius 3 is 2.68 bits per heavy atom. The van der Waals surface area contributed by atoms with Crippen LogP contribution in [0.5, 0.6) is 0 Å². The normalized spacial score (nSPS) is 10.6. The summed E-state index contributed by atoms with van der Waals surface area (Å²) in [5.74, 6) is -1.05. The van der Waals surface area contributed by atoms with E-state index in [9.17, 15) is 14.4 Å². The van der Waals surface area contributed by atoms with Gasteiger partial charge in [-0.3, -0.25) is 25.2 Å². The van der Waals surface area contributed by atoms with Crippen molar-refractivity contribution in [2.45, 2.75) is 19.9 Å². The monoisotopic (exact) mass is 339 g/mol. The maximum Gasteiger partial charge on any atom is 0.290 e. The number of H-pyrrole nitrogens is 1. The summed E-state index contributed by atoms with van der Waals surface area (Å²) < 4.78 is 1.22. The highest BCUT2D eigenvalue weighted by Gasteiger charge is 2.14. The predicted octanol–water partition coefficient (Wildman–Crippen LogP) is 1.21. The molecule has 0 saturated heterocycles. The first-order chi connectivity index (χ1) is 12.1. The van der Waals surface area contributed by atoms with Gasteiger partial charge in [0.25, 0.3) is 17.4 Å². The van der Waals surface area contributed by atoms with Crippen LogP contribution in [0.25, 0.3) is 10.9 Å². The smallest absolute Gasteiger partial charge is 0.290 e. The second-order valence-corrected chi connectivity index (χ2v) is 5.44. The number of rotatable bonds is 4. The van der Waals surface area contributed by atoms with Crippen LogP contribution in [0, 0.1) is 0 Å². The molecule has 2 amide bonds. The standard InChI is InChI=1S/C17H17N5O3/c1-2-9-22-15(23)8-7-14(21-22)17(25)20-19-16(24)12-10-18-13-6-4-3-5-11(12)13/h3-8,10,18H,2,9H2,1H3,(H,19,24)(H,20,25). The van der Waals surface area contributed by atoms with Crippen molar-refractivity contribution in [1.82, 2.24) is 25.6 Å². The maximum atomic E-state index is 12.3. The molecular formula is C17H17N5O3. The van der Waals surface area contributed by atoms with Crippen LogP contribution in [-0.4, -0.2) is 26.6 Å². The molecule has 0 radical (unpaired) electrons. The largest absolute Gasteiger partial charge is 0.360 e. The van der Waals surface area contributed by atoms with E-state index in [1.54, 1.807) is 6.20 Å². The highest BCUT2D eigenvalue weighted by molar-refractivity contribution is 6.07. The number of carbonyl (C=O) groups is 2. The molecular weight excluding hydrogens is 322 g/mol. The van der Waals surface area contributed by atoms with Crippen molar-refractivity contribution in [3.63, 3.8) is 0 Å². The van der Waals surface area contributed by atoms with Crippen LogP contribution in [0.1, 0.15) is 34.2 Å². The number of nitrogens with zero attached hydrogens (tertiary/aromatic N) is 2. The number of amides is 2. The molecule has 2 aromatic heterocycles. The van der Waals surface area contributed by atoms with Crippen molar-refractivity contribution in [2.75, 3.05) is 0 Å². The van der Waals surface area contributed by atoms with Gasteiger partial charge >= 0.3 is 0 Å². The van der Waals surface area contributed by atoms with E-state index in [-0.39, 0.29) is 11.3 Å². The third-order valence-electron chi connectivity index (χ3n) is 3.66. The van der Waals surface area contributed by atoms with Gasteiger partial charge in [0.05, 0.1) is 5.56 Å². The Kier molecular flexibility index (Phi) is 4.60. The fraction of sp³-hybridized carbons (Fsp3) is 0.176. The minimum absolute atomic E-state index is 0.0484. The van der Waals surface area contributed by atoms with E-state index >= 15 is 0 Å². The van der Waals surface area contributed by atoms with Gasteiger partial charge in [-0.25, -0.2) is 4.68 Å². The molecule has 8 heteroatoms. The Morgan fingerprint density at radius 1 is 1.12 bits per heavy atom. The molecule has 128 valence electrons. The van der Waals surface area contributed by atoms with E-state index in [4.69, 9.17) is 0 Å². The number of benzene rings is 1. The minimum Gasteiger partial charge on any atom is -0.360 e. The first-order valence-electron chi connectivity index (χ1n) is 7.85. The van der Waals surface area contributed by atoms with Gasteiger partial charge < -0.3 is 4.98 Å². The predicted molar refractivity (Wildman–Crippen MR) is 92.0 cm³/mol. The number of carbonyl (C=O) groups excluding carboxylic acids is 2.